The smallest absolute Gasteiger partial charge is 0.260 e. The van der Waals surface area contributed by atoms with Crippen molar-refractivity contribution >= 4 is 50.9 Å². The molecule has 9 nitrogen and oxygen atoms in total. The molecule has 1 fully saturated rings. The van der Waals surface area contributed by atoms with Gasteiger partial charge in [-0.1, -0.05) is 34.7 Å². The van der Waals surface area contributed by atoms with Crippen LogP contribution >= 0.6 is 22.6 Å². The largest absolute Gasteiger partial charge is 0.369 e. The van der Waals surface area contributed by atoms with E-state index in [1.54, 1.807) is 29.2 Å². The summed E-state index contributed by atoms with van der Waals surface area (Å²) in [6, 6.07) is 18.1. The number of halogens is 1. The van der Waals surface area contributed by atoms with Crippen molar-refractivity contribution in [1.29, 1.82) is 0 Å². The maximum Gasteiger partial charge on any atom is 0.260 e. The summed E-state index contributed by atoms with van der Waals surface area (Å²) in [6.07, 6.45) is 5.25. The van der Waals surface area contributed by atoms with Crippen molar-refractivity contribution in [1.82, 2.24) is 29.4 Å². The molecule has 208 valence electrons. The van der Waals surface area contributed by atoms with Gasteiger partial charge in [0.2, 0.25) is 5.95 Å². The van der Waals surface area contributed by atoms with E-state index in [-0.39, 0.29) is 5.56 Å². The Bertz CT molecular complexity index is 1730. The number of pyridine rings is 1. The number of piperazine rings is 1. The van der Waals surface area contributed by atoms with Crippen molar-refractivity contribution in [3.8, 4) is 22.5 Å². The summed E-state index contributed by atoms with van der Waals surface area (Å²) in [5.41, 5.74) is 6.16. The highest BCUT2D eigenvalue weighted by atomic mass is 127. The number of likely N-dealkylation sites (N-methyl/N-ethyl adjacent to an activating group) is 1. The topological polar surface area (TPSA) is 92.1 Å². The molecule has 0 saturated carbocycles. The van der Waals surface area contributed by atoms with Crippen molar-refractivity contribution < 1.29 is 0 Å². The van der Waals surface area contributed by atoms with Crippen LogP contribution in [0.5, 0.6) is 0 Å². The van der Waals surface area contributed by atoms with Crippen molar-refractivity contribution in [3.63, 3.8) is 0 Å². The zero-order valence-electron chi connectivity index (χ0n) is 23.1. The number of rotatable bonds is 7. The summed E-state index contributed by atoms with van der Waals surface area (Å²) in [5, 5.41) is 4.13. The van der Waals surface area contributed by atoms with Crippen LogP contribution in [0.15, 0.2) is 78.0 Å². The van der Waals surface area contributed by atoms with Crippen LogP contribution in [0.25, 0.3) is 33.5 Å². The Morgan fingerprint density at radius 1 is 0.927 bits per heavy atom. The molecular weight excluding hydrogens is 627 g/mol. The molecule has 5 aromatic rings. The van der Waals surface area contributed by atoms with Gasteiger partial charge in [-0.25, -0.2) is 15.0 Å². The Morgan fingerprint density at radius 2 is 1.68 bits per heavy atom. The molecule has 0 atom stereocenters. The third-order valence-electron chi connectivity index (χ3n) is 7.50. The molecule has 1 aliphatic rings. The summed E-state index contributed by atoms with van der Waals surface area (Å²) >= 11 is 2.33. The average Bonchev–Trinajstić information content (AvgIpc) is 3.02. The van der Waals surface area contributed by atoms with Gasteiger partial charge < -0.3 is 15.1 Å². The summed E-state index contributed by atoms with van der Waals surface area (Å²) in [7, 11) is 2.16. The molecule has 0 radical (unpaired) electrons. The van der Waals surface area contributed by atoms with Gasteiger partial charge in [0.05, 0.1) is 0 Å². The van der Waals surface area contributed by atoms with Crippen LogP contribution in [0.1, 0.15) is 12.5 Å². The lowest BCUT2D eigenvalue weighted by Crippen LogP contribution is -2.44. The summed E-state index contributed by atoms with van der Waals surface area (Å²) in [4.78, 5) is 36.6. The Hall–Kier alpha value is -3.90. The molecule has 4 heterocycles. The highest BCUT2D eigenvalue weighted by molar-refractivity contribution is 14.1. The molecule has 0 spiro atoms. The van der Waals surface area contributed by atoms with Gasteiger partial charge in [0.15, 0.2) is 5.82 Å². The van der Waals surface area contributed by atoms with Gasteiger partial charge in [-0.05, 0) is 67.6 Å². The van der Waals surface area contributed by atoms with Crippen LogP contribution in [0.2, 0.25) is 0 Å². The Balaban J connectivity index is 1.30. The van der Waals surface area contributed by atoms with Gasteiger partial charge in [-0.2, -0.15) is 4.98 Å². The fourth-order valence-corrected chi connectivity index (χ4v) is 5.84. The third kappa shape index (κ3) is 5.66. The standard InChI is InChI=1S/C31H31IN8O/c1-3-40-29-23(18-27(30(40)41)26-10-5-21(17-22(26)19-32)28-33-11-4-12-34-28)20-35-31(37-29)36-24-6-8-25(9-7-24)39-15-13-38(2)14-16-39/h4-12,17-18,20H,3,13-16,19H2,1-2H3,(H,35,36,37). The second-order valence-corrected chi connectivity index (χ2v) is 10.9. The summed E-state index contributed by atoms with van der Waals surface area (Å²) in [5.74, 6) is 1.12. The van der Waals surface area contributed by atoms with E-state index in [1.807, 2.05) is 37.3 Å². The Kier molecular flexibility index (Phi) is 7.93. The zero-order chi connectivity index (χ0) is 28.3. The molecule has 0 aliphatic carbocycles. The van der Waals surface area contributed by atoms with E-state index in [0.29, 0.717) is 29.5 Å². The molecule has 10 heteroatoms. The van der Waals surface area contributed by atoms with Gasteiger partial charge in [0.1, 0.15) is 5.65 Å². The molecule has 6 rings (SSSR count). The minimum absolute atomic E-state index is 0.0732. The quantitative estimate of drug-likeness (QED) is 0.185. The molecule has 2 aromatic carbocycles. The van der Waals surface area contributed by atoms with E-state index in [9.17, 15) is 4.79 Å². The van der Waals surface area contributed by atoms with Gasteiger partial charge in [-0.3, -0.25) is 9.36 Å². The van der Waals surface area contributed by atoms with E-state index in [4.69, 9.17) is 4.98 Å². The molecule has 1 N–H and O–H groups in total. The van der Waals surface area contributed by atoms with E-state index in [0.717, 1.165) is 58.4 Å². The normalized spacial score (nSPS) is 14.0. The zero-order valence-corrected chi connectivity index (χ0v) is 25.2. The second-order valence-electron chi connectivity index (χ2n) is 10.1. The predicted octanol–water partition coefficient (Wildman–Crippen LogP) is 5.37. The van der Waals surface area contributed by atoms with E-state index in [1.165, 1.54) is 5.69 Å². The molecule has 0 unspecified atom stereocenters. The number of fused-ring (bicyclic) bond motifs is 1. The lowest BCUT2D eigenvalue weighted by molar-refractivity contribution is 0.313. The molecule has 3 aromatic heterocycles. The fourth-order valence-electron chi connectivity index (χ4n) is 5.21. The highest BCUT2D eigenvalue weighted by Gasteiger charge is 2.17. The number of nitrogens with zero attached hydrogens (tertiary/aromatic N) is 7. The first-order valence-electron chi connectivity index (χ1n) is 13.7. The van der Waals surface area contributed by atoms with E-state index < -0.39 is 0 Å². The first-order valence-corrected chi connectivity index (χ1v) is 15.2. The van der Waals surface area contributed by atoms with Gasteiger partial charge in [-0.15, -0.1) is 0 Å². The number of hydrogen-bond acceptors (Lipinski definition) is 8. The van der Waals surface area contributed by atoms with Crippen molar-refractivity contribution in [3.05, 3.63) is 89.1 Å². The molecule has 0 bridgehead atoms. The van der Waals surface area contributed by atoms with Crippen molar-refractivity contribution in [2.24, 2.45) is 0 Å². The number of nitrogens with one attached hydrogen (secondary N) is 1. The highest BCUT2D eigenvalue weighted by Crippen LogP contribution is 2.30. The fraction of sp³-hybridized carbons (Fsp3) is 0.258. The Morgan fingerprint density at radius 3 is 2.39 bits per heavy atom. The van der Waals surface area contributed by atoms with E-state index in [2.05, 4.69) is 77.9 Å². The minimum atomic E-state index is -0.0732. The van der Waals surface area contributed by atoms with Crippen LogP contribution in [0.4, 0.5) is 17.3 Å². The second kappa shape index (κ2) is 11.9. The minimum Gasteiger partial charge on any atom is -0.369 e. The molecule has 1 saturated heterocycles. The van der Waals surface area contributed by atoms with Crippen LogP contribution in [-0.2, 0) is 11.0 Å². The SMILES string of the molecule is CCn1c(=O)c(-c2ccc(-c3ncccn3)cc2CI)cc2cnc(Nc3ccc(N4CCN(C)CC4)cc3)nc21. The van der Waals surface area contributed by atoms with Crippen molar-refractivity contribution in [2.45, 2.75) is 17.9 Å². The first kappa shape index (κ1) is 27.3. The number of aromatic nitrogens is 5. The van der Waals surface area contributed by atoms with Crippen LogP contribution in [0, 0.1) is 0 Å². The lowest BCUT2D eigenvalue weighted by atomic mass is 9.98. The van der Waals surface area contributed by atoms with Gasteiger partial charge in [0, 0.05) is 83.6 Å². The summed E-state index contributed by atoms with van der Waals surface area (Å²) in [6.45, 7) is 6.65. The summed E-state index contributed by atoms with van der Waals surface area (Å²) < 4.78 is 2.46. The number of anilines is 3. The van der Waals surface area contributed by atoms with Gasteiger partial charge in [0.25, 0.3) is 5.56 Å². The average molecular weight is 659 g/mol. The number of aryl methyl sites for hydroxylation is 1. The van der Waals surface area contributed by atoms with Gasteiger partial charge >= 0.3 is 0 Å². The lowest BCUT2D eigenvalue weighted by Gasteiger charge is -2.34. The van der Waals surface area contributed by atoms with Crippen LogP contribution in [-0.4, -0.2) is 62.6 Å². The molecule has 41 heavy (non-hydrogen) atoms. The van der Waals surface area contributed by atoms with Crippen LogP contribution < -0.4 is 15.8 Å². The third-order valence-corrected chi connectivity index (χ3v) is 8.32. The number of alkyl halides is 1. The van der Waals surface area contributed by atoms with E-state index >= 15 is 0 Å². The maximum atomic E-state index is 13.8. The molecular formula is C31H31IN8O. The molecule has 0 amide bonds. The van der Waals surface area contributed by atoms with Crippen molar-refractivity contribution in [2.75, 3.05) is 43.4 Å². The predicted molar refractivity (Wildman–Crippen MR) is 173 cm³/mol. The Labute approximate surface area is 252 Å². The number of benzene rings is 2. The first-order chi connectivity index (χ1) is 20.0. The number of hydrogen-bond donors (Lipinski definition) is 1. The molecule has 1 aliphatic heterocycles. The van der Waals surface area contributed by atoms with Crippen LogP contribution in [0.3, 0.4) is 0 Å². The maximum absolute atomic E-state index is 13.8. The monoisotopic (exact) mass is 658 g/mol.